The lowest BCUT2D eigenvalue weighted by Crippen LogP contribution is -2.29. The molecule has 0 bridgehead atoms. The third-order valence-electron chi connectivity index (χ3n) is 4.62. The van der Waals surface area contributed by atoms with E-state index in [0.29, 0.717) is 31.4 Å². The van der Waals surface area contributed by atoms with Crippen LogP contribution in [-0.2, 0) is 16.1 Å². The fraction of sp³-hybridized carbons (Fsp3) is 0.478. The molecule has 0 radical (unpaired) electrons. The van der Waals surface area contributed by atoms with Crippen LogP contribution in [0.15, 0.2) is 41.3 Å². The minimum absolute atomic E-state index is 0.148. The average molecular weight is 418 g/mol. The van der Waals surface area contributed by atoms with Crippen molar-refractivity contribution >= 4 is 5.97 Å². The van der Waals surface area contributed by atoms with E-state index in [9.17, 15) is 9.59 Å². The maximum atomic E-state index is 12.3. The number of hydrogen-bond donors (Lipinski definition) is 0. The predicted octanol–water partition coefficient (Wildman–Crippen LogP) is 3.60. The van der Waals surface area contributed by atoms with Crippen molar-refractivity contribution in [1.29, 1.82) is 0 Å². The molecule has 0 fully saturated rings. The van der Waals surface area contributed by atoms with E-state index in [4.69, 9.17) is 18.9 Å². The summed E-state index contributed by atoms with van der Waals surface area (Å²) in [5.41, 5.74) is 0.351. The SMILES string of the molecule is COc1ccc(OCCn2ccc(=O)c(OC(C)C(=O)OCCC(C)C)c2C)cc1. The van der Waals surface area contributed by atoms with Crippen LogP contribution < -0.4 is 19.6 Å². The maximum absolute atomic E-state index is 12.3. The van der Waals surface area contributed by atoms with Crippen LogP contribution >= 0.6 is 0 Å². The highest BCUT2D eigenvalue weighted by Gasteiger charge is 2.20. The van der Waals surface area contributed by atoms with Crippen molar-refractivity contribution in [2.75, 3.05) is 20.3 Å². The van der Waals surface area contributed by atoms with Gasteiger partial charge in [0.25, 0.3) is 0 Å². The van der Waals surface area contributed by atoms with E-state index in [1.807, 2.05) is 28.8 Å². The second-order valence-corrected chi connectivity index (χ2v) is 7.42. The highest BCUT2D eigenvalue weighted by Crippen LogP contribution is 2.18. The number of esters is 1. The number of pyridine rings is 1. The van der Waals surface area contributed by atoms with Crippen LogP contribution in [0.3, 0.4) is 0 Å². The van der Waals surface area contributed by atoms with Gasteiger partial charge in [0.05, 0.1) is 26.0 Å². The number of ether oxygens (including phenoxy) is 4. The number of hydrogen-bond acceptors (Lipinski definition) is 6. The number of aromatic nitrogens is 1. The summed E-state index contributed by atoms with van der Waals surface area (Å²) in [6.45, 7) is 8.74. The second kappa shape index (κ2) is 11.3. The Morgan fingerprint density at radius 1 is 1.03 bits per heavy atom. The Kier molecular flexibility index (Phi) is 8.77. The Morgan fingerprint density at radius 3 is 2.33 bits per heavy atom. The van der Waals surface area contributed by atoms with Gasteiger partial charge in [0, 0.05) is 12.3 Å². The first-order valence-corrected chi connectivity index (χ1v) is 10.1. The molecule has 1 heterocycles. The van der Waals surface area contributed by atoms with Crippen LogP contribution in [0.5, 0.6) is 17.2 Å². The highest BCUT2D eigenvalue weighted by atomic mass is 16.6. The number of carbonyl (C=O) groups is 1. The Labute approximate surface area is 177 Å². The molecule has 0 spiro atoms. The third kappa shape index (κ3) is 6.83. The topological polar surface area (TPSA) is 76.0 Å². The van der Waals surface area contributed by atoms with E-state index >= 15 is 0 Å². The van der Waals surface area contributed by atoms with Gasteiger partial charge in [0.1, 0.15) is 18.1 Å². The summed E-state index contributed by atoms with van der Waals surface area (Å²) in [5, 5.41) is 0. The molecule has 1 aromatic carbocycles. The molecule has 0 N–H and O–H groups in total. The summed E-state index contributed by atoms with van der Waals surface area (Å²) < 4.78 is 23.6. The molecule has 7 heteroatoms. The third-order valence-corrected chi connectivity index (χ3v) is 4.62. The number of nitrogens with zero attached hydrogens (tertiary/aromatic N) is 1. The lowest BCUT2D eigenvalue weighted by molar-refractivity contribution is -0.151. The largest absolute Gasteiger partial charge is 0.497 e. The van der Waals surface area contributed by atoms with Crippen LogP contribution in [0, 0.1) is 12.8 Å². The molecule has 2 aromatic rings. The Morgan fingerprint density at radius 2 is 1.70 bits per heavy atom. The van der Waals surface area contributed by atoms with Crippen molar-refractivity contribution in [3.05, 3.63) is 52.4 Å². The van der Waals surface area contributed by atoms with E-state index in [2.05, 4.69) is 13.8 Å². The molecule has 0 aliphatic rings. The zero-order chi connectivity index (χ0) is 22.1. The summed E-state index contributed by atoms with van der Waals surface area (Å²) in [6.07, 6.45) is 1.60. The Balaban J connectivity index is 1.96. The van der Waals surface area contributed by atoms with Crippen molar-refractivity contribution in [3.8, 4) is 17.2 Å². The molecule has 2 rings (SSSR count). The first kappa shape index (κ1) is 23.3. The first-order chi connectivity index (χ1) is 14.3. The average Bonchev–Trinajstić information content (AvgIpc) is 2.72. The summed E-state index contributed by atoms with van der Waals surface area (Å²) >= 11 is 0. The molecule has 1 aromatic heterocycles. The zero-order valence-electron chi connectivity index (χ0n) is 18.3. The summed E-state index contributed by atoms with van der Waals surface area (Å²) in [4.78, 5) is 24.4. The van der Waals surface area contributed by atoms with Crippen LogP contribution in [0.25, 0.3) is 0 Å². The van der Waals surface area contributed by atoms with Gasteiger partial charge in [-0.1, -0.05) is 13.8 Å². The van der Waals surface area contributed by atoms with Crippen molar-refractivity contribution in [2.45, 2.75) is 46.8 Å². The standard InChI is InChI=1S/C23H31NO6/c1-16(2)11-14-29-23(26)18(4)30-22-17(3)24(12-10-21(22)25)13-15-28-20-8-6-19(27-5)7-9-20/h6-10,12,16,18H,11,13-15H2,1-5H3. The normalized spacial score (nSPS) is 11.8. The van der Waals surface area contributed by atoms with Crippen molar-refractivity contribution in [3.63, 3.8) is 0 Å². The molecule has 0 aliphatic heterocycles. The molecule has 164 valence electrons. The van der Waals surface area contributed by atoms with Crippen molar-refractivity contribution in [2.24, 2.45) is 5.92 Å². The monoisotopic (exact) mass is 417 g/mol. The number of carbonyl (C=O) groups excluding carboxylic acids is 1. The zero-order valence-corrected chi connectivity index (χ0v) is 18.3. The summed E-state index contributed by atoms with van der Waals surface area (Å²) in [6, 6.07) is 8.74. The molecule has 0 aliphatic carbocycles. The van der Waals surface area contributed by atoms with Crippen molar-refractivity contribution in [1.82, 2.24) is 4.57 Å². The quantitative estimate of drug-likeness (QED) is 0.520. The molecular formula is C23H31NO6. The van der Waals surface area contributed by atoms with Crippen molar-refractivity contribution < 1.29 is 23.7 Å². The van der Waals surface area contributed by atoms with Crippen LogP contribution in [-0.4, -0.2) is 37.0 Å². The molecule has 0 saturated carbocycles. The van der Waals surface area contributed by atoms with Gasteiger partial charge in [0.15, 0.2) is 11.9 Å². The van der Waals surface area contributed by atoms with E-state index in [1.54, 1.807) is 27.2 Å². The van der Waals surface area contributed by atoms with E-state index in [0.717, 1.165) is 17.9 Å². The van der Waals surface area contributed by atoms with Gasteiger partial charge in [-0.15, -0.1) is 0 Å². The molecular weight excluding hydrogens is 386 g/mol. The summed E-state index contributed by atoms with van der Waals surface area (Å²) in [5.74, 6) is 1.60. The van der Waals surface area contributed by atoms with Gasteiger partial charge >= 0.3 is 5.97 Å². The van der Waals surface area contributed by atoms with Gasteiger partial charge in [-0.3, -0.25) is 4.79 Å². The van der Waals surface area contributed by atoms with Gasteiger partial charge in [-0.05, 0) is 50.5 Å². The molecule has 1 unspecified atom stereocenters. The highest BCUT2D eigenvalue weighted by molar-refractivity contribution is 5.74. The smallest absolute Gasteiger partial charge is 0.347 e. The second-order valence-electron chi connectivity index (χ2n) is 7.42. The molecule has 1 atom stereocenters. The molecule has 0 saturated heterocycles. The van der Waals surface area contributed by atoms with Gasteiger partial charge < -0.3 is 23.5 Å². The Hall–Kier alpha value is -2.96. The predicted molar refractivity (Wildman–Crippen MR) is 114 cm³/mol. The van der Waals surface area contributed by atoms with Gasteiger partial charge in [0.2, 0.25) is 5.43 Å². The lowest BCUT2D eigenvalue weighted by atomic mass is 10.1. The fourth-order valence-corrected chi connectivity index (χ4v) is 2.71. The number of benzene rings is 1. The van der Waals surface area contributed by atoms with Crippen LogP contribution in [0.2, 0.25) is 0 Å². The molecule has 30 heavy (non-hydrogen) atoms. The number of rotatable bonds is 11. The van der Waals surface area contributed by atoms with Gasteiger partial charge in [-0.2, -0.15) is 0 Å². The minimum Gasteiger partial charge on any atom is -0.497 e. The minimum atomic E-state index is -0.866. The maximum Gasteiger partial charge on any atom is 0.347 e. The molecule has 7 nitrogen and oxygen atoms in total. The molecule has 0 amide bonds. The van der Waals surface area contributed by atoms with E-state index < -0.39 is 12.1 Å². The lowest BCUT2D eigenvalue weighted by Gasteiger charge is -2.18. The van der Waals surface area contributed by atoms with E-state index in [-0.39, 0.29) is 11.2 Å². The Bertz CT molecular complexity index is 872. The fourth-order valence-electron chi connectivity index (χ4n) is 2.71. The summed E-state index contributed by atoms with van der Waals surface area (Å²) in [7, 11) is 1.61. The van der Waals surface area contributed by atoms with Gasteiger partial charge in [-0.25, -0.2) is 4.79 Å². The number of methoxy groups -OCH3 is 1. The van der Waals surface area contributed by atoms with Crippen LogP contribution in [0.4, 0.5) is 0 Å². The van der Waals surface area contributed by atoms with Crippen LogP contribution in [0.1, 0.15) is 32.9 Å². The first-order valence-electron chi connectivity index (χ1n) is 10.1. The van der Waals surface area contributed by atoms with E-state index in [1.165, 1.54) is 6.07 Å².